The van der Waals surface area contributed by atoms with Crippen LogP contribution < -0.4 is 4.72 Å². The number of unbranched alkanes of at least 4 members (excludes halogenated alkanes) is 3. The molecule has 0 heterocycles. The standard InChI is InChI=1S/C10H22ClNO3S/c1-2-15-9-10-16(13,14)12-8-6-4-3-5-7-11/h12H,2-10H2,1H3. The van der Waals surface area contributed by atoms with E-state index in [1.54, 1.807) is 0 Å². The Labute approximate surface area is 104 Å². The summed E-state index contributed by atoms with van der Waals surface area (Å²) in [6.07, 6.45) is 3.94. The molecule has 0 rings (SSSR count). The van der Waals surface area contributed by atoms with E-state index >= 15 is 0 Å². The molecule has 4 nitrogen and oxygen atoms in total. The molecule has 0 atom stereocenters. The van der Waals surface area contributed by atoms with E-state index < -0.39 is 10.0 Å². The van der Waals surface area contributed by atoms with Crippen molar-refractivity contribution in [3.63, 3.8) is 0 Å². The van der Waals surface area contributed by atoms with E-state index in [4.69, 9.17) is 16.3 Å². The highest BCUT2D eigenvalue weighted by atomic mass is 35.5. The Hall–Kier alpha value is 0.160. The lowest BCUT2D eigenvalue weighted by molar-refractivity contribution is 0.163. The molecule has 98 valence electrons. The zero-order valence-electron chi connectivity index (χ0n) is 9.87. The highest BCUT2D eigenvalue weighted by molar-refractivity contribution is 7.89. The van der Waals surface area contributed by atoms with Crippen LogP contribution in [0.25, 0.3) is 0 Å². The van der Waals surface area contributed by atoms with Crippen LogP contribution in [0.2, 0.25) is 0 Å². The van der Waals surface area contributed by atoms with Crippen molar-refractivity contribution in [2.45, 2.75) is 32.6 Å². The van der Waals surface area contributed by atoms with Crippen molar-refractivity contribution >= 4 is 21.6 Å². The third-order valence-electron chi connectivity index (χ3n) is 2.08. The number of hydrogen-bond donors (Lipinski definition) is 1. The SMILES string of the molecule is CCOCCS(=O)(=O)NCCCCCCCl. The normalized spacial score (nSPS) is 11.9. The average molecular weight is 272 g/mol. The van der Waals surface area contributed by atoms with E-state index in [9.17, 15) is 8.42 Å². The Morgan fingerprint density at radius 2 is 1.88 bits per heavy atom. The van der Waals surface area contributed by atoms with Gasteiger partial charge in [-0.05, 0) is 19.8 Å². The second kappa shape index (κ2) is 10.3. The second-order valence-electron chi connectivity index (χ2n) is 3.51. The molecule has 0 fully saturated rings. The van der Waals surface area contributed by atoms with Gasteiger partial charge in [0.2, 0.25) is 10.0 Å². The molecule has 0 aromatic heterocycles. The van der Waals surface area contributed by atoms with E-state index in [-0.39, 0.29) is 12.4 Å². The summed E-state index contributed by atoms with van der Waals surface area (Å²) in [5.41, 5.74) is 0. The predicted molar refractivity (Wildman–Crippen MR) is 67.5 cm³/mol. The molecule has 0 amide bonds. The van der Waals surface area contributed by atoms with Crippen molar-refractivity contribution in [3.05, 3.63) is 0 Å². The Balaban J connectivity index is 3.43. The van der Waals surface area contributed by atoms with Crippen LogP contribution in [0, 0.1) is 0 Å². The number of halogens is 1. The first-order chi connectivity index (χ1) is 7.62. The van der Waals surface area contributed by atoms with Crippen LogP contribution in [0.4, 0.5) is 0 Å². The lowest BCUT2D eigenvalue weighted by atomic mass is 10.2. The fourth-order valence-electron chi connectivity index (χ4n) is 1.19. The van der Waals surface area contributed by atoms with Gasteiger partial charge in [-0.2, -0.15) is 0 Å². The quantitative estimate of drug-likeness (QED) is 0.460. The number of sulfonamides is 1. The minimum absolute atomic E-state index is 0.0442. The molecule has 0 unspecified atom stereocenters. The largest absolute Gasteiger partial charge is 0.381 e. The zero-order valence-corrected chi connectivity index (χ0v) is 11.4. The number of hydrogen-bond acceptors (Lipinski definition) is 3. The van der Waals surface area contributed by atoms with Crippen molar-refractivity contribution < 1.29 is 13.2 Å². The molecular formula is C10H22ClNO3S. The molecule has 1 N–H and O–H groups in total. The van der Waals surface area contributed by atoms with Crippen LogP contribution in [0.5, 0.6) is 0 Å². The summed E-state index contributed by atoms with van der Waals surface area (Å²) in [6.45, 7) is 3.17. The maximum atomic E-state index is 11.4. The fourth-order valence-corrected chi connectivity index (χ4v) is 2.31. The number of rotatable bonds is 11. The third-order valence-corrected chi connectivity index (χ3v) is 3.70. The van der Waals surface area contributed by atoms with Crippen LogP contribution in [-0.2, 0) is 14.8 Å². The minimum atomic E-state index is -3.15. The summed E-state index contributed by atoms with van der Waals surface area (Å²) in [7, 11) is -3.15. The fraction of sp³-hybridized carbons (Fsp3) is 1.00. The lowest BCUT2D eigenvalue weighted by Crippen LogP contribution is -2.29. The zero-order chi connectivity index (χ0) is 12.3. The van der Waals surface area contributed by atoms with E-state index in [2.05, 4.69) is 4.72 Å². The first kappa shape index (κ1) is 16.2. The molecule has 6 heteroatoms. The molecule has 0 aromatic carbocycles. The van der Waals surface area contributed by atoms with Gasteiger partial charge in [0.1, 0.15) is 0 Å². The molecule has 0 aromatic rings. The highest BCUT2D eigenvalue weighted by Gasteiger charge is 2.08. The van der Waals surface area contributed by atoms with Gasteiger partial charge in [-0.3, -0.25) is 0 Å². The Morgan fingerprint density at radius 1 is 1.19 bits per heavy atom. The van der Waals surface area contributed by atoms with Gasteiger partial charge >= 0.3 is 0 Å². The molecule has 0 aliphatic rings. The van der Waals surface area contributed by atoms with Gasteiger partial charge in [-0.1, -0.05) is 12.8 Å². The van der Waals surface area contributed by atoms with Gasteiger partial charge in [-0.15, -0.1) is 11.6 Å². The summed E-state index contributed by atoms with van der Waals surface area (Å²) in [5.74, 6) is 0.725. The minimum Gasteiger partial charge on any atom is -0.381 e. The predicted octanol–water partition coefficient (Wildman–Crippen LogP) is 1.74. The van der Waals surface area contributed by atoms with E-state index in [0.717, 1.165) is 25.7 Å². The van der Waals surface area contributed by atoms with Crippen LogP contribution in [0.15, 0.2) is 0 Å². The van der Waals surface area contributed by atoms with Gasteiger partial charge in [-0.25, -0.2) is 13.1 Å². The summed E-state index contributed by atoms with van der Waals surface area (Å²) in [4.78, 5) is 0. The highest BCUT2D eigenvalue weighted by Crippen LogP contribution is 2.00. The van der Waals surface area contributed by atoms with Crippen molar-refractivity contribution in [1.29, 1.82) is 0 Å². The van der Waals surface area contributed by atoms with Gasteiger partial charge in [0, 0.05) is 19.0 Å². The van der Waals surface area contributed by atoms with Gasteiger partial charge in [0.25, 0.3) is 0 Å². The monoisotopic (exact) mass is 271 g/mol. The molecule has 0 bridgehead atoms. The Bertz CT molecular complexity index is 244. The number of nitrogens with one attached hydrogen (secondary N) is 1. The van der Waals surface area contributed by atoms with Gasteiger partial charge in [0.15, 0.2) is 0 Å². The second-order valence-corrected chi connectivity index (χ2v) is 5.82. The topological polar surface area (TPSA) is 55.4 Å². The molecule has 0 saturated carbocycles. The average Bonchev–Trinajstić information content (AvgIpc) is 2.23. The van der Waals surface area contributed by atoms with Crippen LogP contribution in [-0.4, -0.2) is 39.8 Å². The molecule has 0 spiro atoms. The van der Waals surface area contributed by atoms with Crippen LogP contribution in [0.3, 0.4) is 0 Å². The molecule has 0 aliphatic heterocycles. The number of ether oxygens (including phenoxy) is 1. The van der Waals surface area contributed by atoms with E-state index in [1.165, 1.54) is 0 Å². The summed E-state index contributed by atoms with van der Waals surface area (Å²) in [5, 5.41) is 0. The summed E-state index contributed by atoms with van der Waals surface area (Å²) < 4.78 is 30.3. The number of alkyl halides is 1. The third kappa shape index (κ3) is 10.7. The molecule has 0 radical (unpaired) electrons. The maximum absolute atomic E-state index is 11.4. The smallest absolute Gasteiger partial charge is 0.213 e. The summed E-state index contributed by atoms with van der Waals surface area (Å²) in [6, 6.07) is 0. The Kier molecular flexibility index (Phi) is 10.4. The molecule has 0 aliphatic carbocycles. The van der Waals surface area contributed by atoms with E-state index in [1.807, 2.05) is 6.92 Å². The molecule has 16 heavy (non-hydrogen) atoms. The van der Waals surface area contributed by atoms with Crippen molar-refractivity contribution in [2.24, 2.45) is 0 Å². The first-order valence-corrected chi connectivity index (χ1v) is 7.92. The van der Waals surface area contributed by atoms with Crippen LogP contribution >= 0.6 is 11.6 Å². The molecular weight excluding hydrogens is 250 g/mol. The van der Waals surface area contributed by atoms with Crippen molar-refractivity contribution in [2.75, 3.05) is 31.4 Å². The summed E-state index contributed by atoms with van der Waals surface area (Å²) >= 11 is 5.53. The van der Waals surface area contributed by atoms with Gasteiger partial charge < -0.3 is 4.74 Å². The first-order valence-electron chi connectivity index (χ1n) is 5.73. The lowest BCUT2D eigenvalue weighted by Gasteiger charge is -2.06. The van der Waals surface area contributed by atoms with Gasteiger partial charge in [0.05, 0.1) is 12.4 Å². The maximum Gasteiger partial charge on any atom is 0.213 e. The van der Waals surface area contributed by atoms with Crippen LogP contribution in [0.1, 0.15) is 32.6 Å². The van der Waals surface area contributed by atoms with E-state index in [0.29, 0.717) is 19.0 Å². The molecule has 0 saturated heterocycles. The van der Waals surface area contributed by atoms with Crippen molar-refractivity contribution in [1.82, 2.24) is 4.72 Å². The van der Waals surface area contributed by atoms with Crippen molar-refractivity contribution in [3.8, 4) is 0 Å². The Morgan fingerprint density at radius 3 is 2.50 bits per heavy atom.